The van der Waals surface area contributed by atoms with E-state index < -0.39 is 11.8 Å². The van der Waals surface area contributed by atoms with Crippen LogP contribution in [0.4, 0.5) is 4.39 Å². The Balaban J connectivity index is 2.42. The molecule has 2 aromatic rings. The van der Waals surface area contributed by atoms with Crippen molar-refractivity contribution >= 4 is 21.9 Å². The standard InChI is InChI=1S/C13H9BrFNO3/c1-7-2-3-9(13(17)18)11(4-7)19-12-10(15)5-8(14)6-16-12/h2-6H,1H3,(H,17,18). The molecule has 1 N–H and O–H groups in total. The van der Waals surface area contributed by atoms with Crippen molar-refractivity contribution in [2.24, 2.45) is 0 Å². The molecule has 0 fully saturated rings. The molecule has 0 aliphatic heterocycles. The fourth-order valence-electron chi connectivity index (χ4n) is 1.47. The maximum Gasteiger partial charge on any atom is 0.339 e. The Morgan fingerprint density at radius 3 is 2.79 bits per heavy atom. The van der Waals surface area contributed by atoms with E-state index in [1.165, 1.54) is 24.4 Å². The number of hydrogen-bond donors (Lipinski definition) is 1. The van der Waals surface area contributed by atoms with Gasteiger partial charge in [0.25, 0.3) is 5.88 Å². The zero-order chi connectivity index (χ0) is 14.0. The van der Waals surface area contributed by atoms with Gasteiger partial charge >= 0.3 is 5.97 Å². The largest absolute Gasteiger partial charge is 0.478 e. The lowest BCUT2D eigenvalue weighted by atomic mass is 10.1. The van der Waals surface area contributed by atoms with Crippen molar-refractivity contribution < 1.29 is 19.0 Å². The van der Waals surface area contributed by atoms with E-state index in [2.05, 4.69) is 20.9 Å². The molecule has 1 aromatic carbocycles. The van der Waals surface area contributed by atoms with Gasteiger partial charge in [0.05, 0.1) is 0 Å². The second-order valence-electron chi connectivity index (χ2n) is 3.85. The summed E-state index contributed by atoms with van der Waals surface area (Å²) in [5.41, 5.74) is 0.757. The third-order valence-electron chi connectivity index (χ3n) is 2.35. The number of aromatic carboxylic acids is 1. The van der Waals surface area contributed by atoms with Crippen molar-refractivity contribution in [1.29, 1.82) is 0 Å². The van der Waals surface area contributed by atoms with Crippen LogP contribution in [-0.2, 0) is 0 Å². The number of hydrogen-bond acceptors (Lipinski definition) is 3. The third kappa shape index (κ3) is 3.08. The summed E-state index contributed by atoms with van der Waals surface area (Å²) in [5, 5.41) is 9.05. The minimum absolute atomic E-state index is 0.0466. The average molecular weight is 326 g/mol. The van der Waals surface area contributed by atoms with E-state index in [-0.39, 0.29) is 17.2 Å². The van der Waals surface area contributed by atoms with Crippen LogP contribution in [0.3, 0.4) is 0 Å². The van der Waals surface area contributed by atoms with Crippen LogP contribution in [0.5, 0.6) is 11.6 Å². The fraction of sp³-hybridized carbons (Fsp3) is 0.0769. The van der Waals surface area contributed by atoms with E-state index >= 15 is 0 Å². The number of aryl methyl sites for hydroxylation is 1. The molecule has 0 aliphatic carbocycles. The summed E-state index contributed by atoms with van der Waals surface area (Å²) in [6.45, 7) is 1.78. The lowest BCUT2D eigenvalue weighted by Crippen LogP contribution is -2.02. The molecule has 0 spiro atoms. The molecule has 0 unspecified atom stereocenters. The quantitative estimate of drug-likeness (QED) is 0.932. The third-order valence-corrected chi connectivity index (χ3v) is 2.78. The number of halogens is 2. The van der Waals surface area contributed by atoms with Crippen molar-refractivity contribution in [3.8, 4) is 11.6 Å². The Labute approximate surface area is 117 Å². The Morgan fingerprint density at radius 1 is 1.42 bits per heavy atom. The predicted molar refractivity (Wildman–Crippen MR) is 70.1 cm³/mol. The number of benzene rings is 1. The molecule has 0 amide bonds. The molecule has 0 bridgehead atoms. The number of nitrogens with zero attached hydrogens (tertiary/aromatic N) is 1. The molecule has 0 radical (unpaired) electrons. The van der Waals surface area contributed by atoms with Crippen molar-refractivity contribution in [2.45, 2.75) is 6.92 Å². The van der Waals surface area contributed by atoms with Gasteiger partial charge in [0.2, 0.25) is 0 Å². The Hall–Kier alpha value is -1.95. The van der Waals surface area contributed by atoms with Crippen molar-refractivity contribution in [3.05, 3.63) is 51.9 Å². The summed E-state index contributed by atoms with van der Waals surface area (Å²) in [5.74, 6) is -2.03. The molecule has 0 saturated carbocycles. The Morgan fingerprint density at radius 2 is 2.16 bits per heavy atom. The molecule has 98 valence electrons. The molecule has 1 aromatic heterocycles. The lowest BCUT2D eigenvalue weighted by Gasteiger charge is -2.09. The zero-order valence-corrected chi connectivity index (χ0v) is 11.4. The highest BCUT2D eigenvalue weighted by molar-refractivity contribution is 9.10. The van der Waals surface area contributed by atoms with E-state index in [0.29, 0.717) is 4.47 Å². The highest BCUT2D eigenvalue weighted by atomic mass is 79.9. The molecule has 1 heterocycles. The molecule has 0 saturated heterocycles. The van der Waals surface area contributed by atoms with E-state index in [1.54, 1.807) is 13.0 Å². The summed E-state index contributed by atoms with van der Waals surface area (Å²) in [6, 6.07) is 5.76. The van der Waals surface area contributed by atoms with Crippen LogP contribution in [0.1, 0.15) is 15.9 Å². The minimum Gasteiger partial charge on any atom is -0.478 e. The van der Waals surface area contributed by atoms with E-state index in [1.807, 2.05) is 0 Å². The predicted octanol–water partition coefficient (Wildman–Crippen LogP) is 3.78. The average Bonchev–Trinajstić information content (AvgIpc) is 2.32. The van der Waals surface area contributed by atoms with Gasteiger partial charge in [-0.1, -0.05) is 6.07 Å². The molecule has 4 nitrogen and oxygen atoms in total. The molecule has 19 heavy (non-hydrogen) atoms. The maximum absolute atomic E-state index is 13.6. The summed E-state index contributed by atoms with van der Waals surface area (Å²) < 4.78 is 19.3. The second kappa shape index (κ2) is 5.36. The lowest BCUT2D eigenvalue weighted by molar-refractivity contribution is 0.0694. The first-order chi connectivity index (χ1) is 8.97. The van der Waals surface area contributed by atoms with Crippen LogP contribution in [0, 0.1) is 12.7 Å². The smallest absolute Gasteiger partial charge is 0.339 e. The van der Waals surface area contributed by atoms with Crippen LogP contribution >= 0.6 is 15.9 Å². The minimum atomic E-state index is -1.15. The van der Waals surface area contributed by atoms with Crippen LogP contribution in [0.15, 0.2) is 34.9 Å². The Kier molecular flexibility index (Phi) is 3.80. The summed E-state index contributed by atoms with van der Waals surface area (Å²) >= 11 is 3.08. The molecular formula is C13H9BrFNO3. The fourth-order valence-corrected chi connectivity index (χ4v) is 1.78. The van der Waals surface area contributed by atoms with E-state index in [9.17, 15) is 9.18 Å². The van der Waals surface area contributed by atoms with Crippen LogP contribution in [0.2, 0.25) is 0 Å². The molecular weight excluding hydrogens is 317 g/mol. The van der Waals surface area contributed by atoms with Gasteiger partial charge in [-0.15, -0.1) is 0 Å². The van der Waals surface area contributed by atoms with Gasteiger partial charge in [-0.3, -0.25) is 0 Å². The normalized spacial score (nSPS) is 10.3. The number of rotatable bonds is 3. The number of ether oxygens (including phenoxy) is 1. The maximum atomic E-state index is 13.6. The molecule has 0 aliphatic rings. The van der Waals surface area contributed by atoms with Crippen molar-refractivity contribution in [2.75, 3.05) is 0 Å². The molecule has 0 atom stereocenters. The van der Waals surface area contributed by atoms with Gasteiger partial charge in [0.15, 0.2) is 5.82 Å². The van der Waals surface area contributed by atoms with Gasteiger partial charge in [-0.2, -0.15) is 0 Å². The number of carboxylic acids is 1. The van der Waals surface area contributed by atoms with Gasteiger partial charge in [-0.25, -0.2) is 14.2 Å². The highest BCUT2D eigenvalue weighted by Gasteiger charge is 2.15. The van der Waals surface area contributed by atoms with E-state index in [4.69, 9.17) is 9.84 Å². The van der Waals surface area contributed by atoms with Crippen molar-refractivity contribution in [3.63, 3.8) is 0 Å². The molecule has 6 heteroatoms. The second-order valence-corrected chi connectivity index (χ2v) is 4.76. The first-order valence-corrected chi connectivity index (χ1v) is 6.09. The summed E-state index contributed by atoms with van der Waals surface area (Å²) in [7, 11) is 0. The van der Waals surface area contributed by atoms with Crippen molar-refractivity contribution in [1.82, 2.24) is 4.98 Å². The topological polar surface area (TPSA) is 59.4 Å². The van der Waals surface area contributed by atoms with Gasteiger partial charge in [0.1, 0.15) is 11.3 Å². The van der Waals surface area contributed by atoms with E-state index in [0.717, 1.165) is 5.56 Å². The summed E-state index contributed by atoms with van der Waals surface area (Å²) in [4.78, 5) is 14.8. The number of pyridine rings is 1. The summed E-state index contributed by atoms with van der Waals surface area (Å²) in [6.07, 6.45) is 1.37. The Bertz CT molecular complexity index is 646. The molecule has 2 rings (SSSR count). The SMILES string of the molecule is Cc1ccc(C(=O)O)c(Oc2ncc(Br)cc2F)c1. The van der Waals surface area contributed by atoms with Gasteiger partial charge in [-0.05, 0) is 46.6 Å². The number of aromatic nitrogens is 1. The van der Waals surface area contributed by atoms with Gasteiger partial charge < -0.3 is 9.84 Å². The first-order valence-electron chi connectivity index (χ1n) is 5.30. The monoisotopic (exact) mass is 325 g/mol. The first kappa shape index (κ1) is 13.5. The number of carbonyl (C=O) groups is 1. The zero-order valence-electron chi connectivity index (χ0n) is 9.85. The number of carboxylic acid groups (broad SMARTS) is 1. The van der Waals surface area contributed by atoms with Crippen LogP contribution < -0.4 is 4.74 Å². The van der Waals surface area contributed by atoms with Gasteiger partial charge in [0, 0.05) is 10.7 Å². The van der Waals surface area contributed by atoms with Crippen LogP contribution in [-0.4, -0.2) is 16.1 Å². The highest BCUT2D eigenvalue weighted by Crippen LogP contribution is 2.28. The van der Waals surface area contributed by atoms with Crippen LogP contribution in [0.25, 0.3) is 0 Å².